The second-order valence-electron chi connectivity index (χ2n) is 7.99. The Bertz CT molecular complexity index is 641. The van der Waals surface area contributed by atoms with E-state index in [1.165, 1.54) is 25.7 Å². The number of nitrogens with one attached hydrogen (secondary N) is 1. The maximum Gasteiger partial charge on any atom is 0.243 e. The van der Waals surface area contributed by atoms with Gasteiger partial charge in [-0.1, -0.05) is 52.2 Å². The van der Waals surface area contributed by atoms with Crippen molar-refractivity contribution in [2.45, 2.75) is 70.7 Å². The monoisotopic (exact) mass is 366 g/mol. The van der Waals surface area contributed by atoms with E-state index in [2.05, 4.69) is 26.1 Å². The number of hydrogen-bond acceptors (Lipinski definition) is 3. The Hall–Kier alpha value is -0.910. The molecule has 0 aromatic heterocycles. The van der Waals surface area contributed by atoms with Gasteiger partial charge >= 0.3 is 0 Å². The average molecular weight is 367 g/mol. The predicted molar refractivity (Wildman–Crippen MR) is 104 cm³/mol. The second-order valence-corrected chi connectivity index (χ2v) is 9.93. The Kier molecular flexibility index (Phi) is 7.47. The molecule has 0 atom stereocenters. The summed E-state index contributed by atoms with van der Waals surface area (Å²) >= 11 is 0. The summed E-state index contributed by atoms with van der Waals surface area (Å²) < 4.78 is 27.6. The summed E-state index contributed by atoms with van der Waals surface area (Å²) in [4.78, 5) is 0.426. The first-order valence-electron chi connectivity index (χ1n) is 9.65. The van der Waals surface area contributed by atoms with Crippen LogP contribution >= 0.6 is 0 Å². The molecule has 4 nitrogen and oxygen atoms in total. The van der Waals surface area contributed by atoms with E-state index in [1.807, 2.05) is 18.2 Å². The molecule has 0 bridgehead atoms. The van der Waals surface area contributed by atoms with Crippen molar-refractivity contribution in [3.63, 3.8) is 0 Å². The lowest BCUT2D eigenvalue weighted by atomic mass is 9.85. The molecule has 25 heavy (non-hydrogen) atoms. The van der Waals surface area contributed by atoms with Gasteiger partial charge in [-0.2, -0.15) is 4.31 Å². The zero-order chi connectivity index (χ0) is 18.3. The standard InChI is InChI=1S/C20H34N2O2S/c1-4-5-6-7-13-21-16-18-10-8-11-19(15-18)25(23,24)22-14-9-12-20(2,3)17-22/h8,10-11,15,21H,4-7,9,12-14,16-17H2,1-3H3. The highest BCUT2D eigenvalue weighted by Gasteiger charge is 2.34. The molecular weight excluding hydrogens is 332 g/mol. The molecule has 0 unspecified atom stereocenters. The smallest absolute Gasteiger partial charge is 0.243 e. The largest absolute Gasteiger partial charge is 0.313 e. The molecule has 0 saturated carbocycles. The molecule has 1 aromatic carbocycles. The fourth-order valence-electron chi connectivity index (χ4n) is 3.45. The minimum absolute atomic E-state index is 0.0585. The molecule has 1 aliphatic heterocycles. The molecular formula is C20H34N2O2S. The molecule has 0 aliphatic carbocycles. The van der Waals surface area contributed by atoms with Gasteiger partial charge in [0.2, 0.25) is 10.0 Å². The van der Waals surface area contributed by atoms with Gasteiger partial charge in [-0.05, 0) is 48.9 Å². The van der Waals surface area contributed by atoms with Crippen LogP contribution in [0, 0.1) is 5.41 Å². The quantitative estimate of drug-likeness (QED) is 0.667. The number of sulfonamides is 1. The topological polar surface area (TPSA) is 49.4 Å². The van der Waals surface area contributed by atoms with E-state index < -0.39 is 10.0 Å². The Morgan fingerprint density at radius 3 is 2.72 bits per heavy atom. The number of benzene rings is 1. The van der Waals surface area contributed by atoms with E-state index in [1.54, 1.807) is 10.4 Å². The Morgan fingerprint density at radius 1 is 1.20 bits per heavy atom. The van der Waals surface area contributed by atoms with Crippen LogP contribution < -0.4 is 5.32 Å². The van der Waals surface area contributed by atoms with Gasteiger partial charge in [0, 0.05) is 19.6 Å². The van der Waals surface area contributed by atoms with Gasteiger partial charge in [-0.3, -0.25) is 0 Å². The van der Waals surface area contributed by atoms with Gasteiger partial charge in [0.15, 0.2) is 0 Å². The maximum atomic E-state index is 13.0. The Morgan fingerprint density at radius 2 is 2.00 bits per heavy atom. The first-order chi connectivity index (χ1) is 11.8. The lowest BCUT2D eigenvalue weighted by Crippen LogP contribution is -2.43. The number of nitrogens with zero attached hydrogens (tertiary/aromatic N) is 1. The van der Waals surface area contributed by atoms with Crippen LogP contribution in [0.4, 0.5) is 0 Å². The third kappa shape index (κ3) is 6.08. The van der Waals surface area contributed by atoms with Gasteiger partial charge in [-0.25, -0.2) is 8.42 Å². The van der Waals surface area contributed by atoms with Crippen LogP contribution in [-0.4, -0.2) is 32.4 Å². The minimum Gasteiger partial charge on any atom is -0.313 e. The van der Waals surface area contributed by atoms with Gasteiger partial charge in [0.1, 0.15) is 0 Å². The molecule has 142 valence electrons. The predicted octanol–water partition coefficient (Wildman–Crippen LogP) is 4.17. The summed E-state index contributed by atoms with van der Waals surface area (Å²) in [7, 11) is -3.39. The van der Waals surface area contributed by atoms with E-state index in [9.17, 15) is 8.42 Å². The lowest BCUT2D eigenvalue weighted by Gasteiger charge is -2.37. The Labute approximate surface area is 154 Å². The number of piperidine rings is 1. The summed E-state index contributed by atoms with van der Waals surface area (Å²) in [6.45, 7) is 9.45. The highest BCUT2D eigenvalue weighted by Crippen LogP contribution is 2.31. The highest BCUT2D eigenvalue weighted by atomic mass is 32.2. The van der Waals surface area contributed by atoms with Crippen molar-refractivity contribution in [3.05, 3.63) is 29.8 Å². The zero-order valence-corrected chi connectivity index (χ0v) is 16.9. The summed E-state index contributed by atoms with van der Waals surface area (Å²) in [5, 5.41) is 3.42. The van der Waals surface area contributed by atoms with Crippen LogP contribution in [0.1, 0.15) is 64.9 Å². The molecule has 1 N–H and O–H groups in total. The van der Waals surface area contributed by atoms with E-state index in [0.717, 1.165) is 31.5 Å². The summed E-state index contributed by atoms with van der Waals surface area (Å²) in [5.74, 6) is 0. The molecule has 2 rings (SSSR count). The summed E-state index contributed by atoms with van der Waals surface area (Å²) in [5.41, 5.74) is 1.09. The van der Waals surface area contributed by atoms with Crippen molar-refractivity contribution in [1.82, 2.24) is 9.62 Å². The molecule has 1 aromatic rings. The van der Waals surface area contributed by atoms with Gasteiger partial charge in [0.25, 0.3) is 0 Å². The van der Waals surface area contributed by atoms with E-state index in [4.69, 9.17) is 0 Å². The van der Waals surface area contributed by atoms with Crippen molar-refractivity contribution in [2.75, 3.05) is 19.6 Å². The molecule has 0 spiro atoms. The number of unbranched alkanes of at least 4 members (excludes halogenated alkanes) is 3. The van der Waals surface area contributed by atoms with Gasteiger partial charge in [-0.15, -0.1) is 0 Å². The summed E-state index contributed by atoms with van der Waals surface area (Å²) in [6, 6.07) is 7.41. The molecule has 1 saturated heterocycles. The molecule has 1 heterocycles. The molecule has 0 amide bonds. The zero-order valence-electron chi connectivity index (χ0n) is 16.1. The molecule has 1 aliphatic rings. The maximum absolute atomic E-state index is 13.0. The minimum atomic E-state index is -3.39. The Balaban J connectivity index is 1.97. The summed E-state index contributed by atoms with van der Waals surface area (Å²) in [6.07, 6.45) is 6.97. The SMILES string of the molecule is CCCCCCNCc1cccc(S(=O)(=O)N2CCCC(C)(C)C2)c1. The van der Waals surface area contributed by atoms with E-state index >= 15 is 0 Å². The highest BCUT2D eigenvalue weighted by molar-refractivity contribution is 7.89. The first-order valence-corrected chi connectivity index (χ1v) is 11.1. The molecule has 5 heteroatoms. The number of hydrogen-bond donors (Lipinski definition) is 1. The second kappa shape index (κ2) is 9.15. The van der Waals surface area contributed by atoms with Crippen LogP contribution in [0.3, 0.4) is 0 Å². The van der Waals surface area contributed by atoms with Crippen molar-refractivity contribution >= 4 is 10.0 Å². The fraction of sp³-hybridized carbons (Fsp3) is 0.700. The van der Waals surface area contributed by atoms with Crippen molar-refractivity contribution in [3.8, 4) is 0 Å². The van der Waals surface area contributed by atoms with Crippen LogP contribution in [0.5, 0.6) is 0 Å². The first kappa shape index (κ1) is 20.4. The van der Waals surface area contributed by atoms with Crippen LogP contribution in [0.15, 0.2) is 29.2 Å². The van der Waals surface area contributed by atoms with Crippen LogP contribution in [0.2, 0.25) is 0 Å². The lowest BCUT2D eigenvalue weighted by molar-refractivity contribution is 0.187. The van der Waals surface area contributed by atoms with Gasteiger partial charge < -0.3 is 5.32 Å². The van der Waals surface area contributed by atoms with E-state index in [0.29, 0.717) is 18.0 Å². The molecule has 1 fully saturated rings. The van der Waals surface area contributed by atoms with Crippen LogP contribution in [-0.2, 0) is 16.6 Å². The average Bonchev–Trinajstić information content (AvgIpc) is 2.57. The van der Waals surface area contributed by atoms with E-state index in [-0.39, 0.29) is 5.41 Å². The third-order valence-electron chi connectivity index (χ3n) is 4.94. The number of rotatable bonds is 9. The third-order valence-corrected chi connectivity index (χ3v) is 6.78. The van der Waals surface area contributed by atoms with Crippen molar-refractivity contribution in [2.24, 2.45) is 5.41 Å². The fourth-order valence-corrected chi connectivity index (χ4v) is 5.19. The van der Waals surface area contributed by atoms with Gasteiger partial charge in [0.05, 0.1) is 4.90 Å². The van der Waals surface area contributed by atoms with Crippen molar-refractivity contribution < 1.29 is 8.42 Å². The van der Waals surface area contributed by atoms with Crippen LogP contribution in [0.25, 0.3) is 0 Å². The van der Waals surface area contributed by atoms with Crippen molar-refractivity contribution in [1.29, 1.82) is 0 Å². The molecule has 0 radical (unpaired) electrons. The normalized spacial score (nSPS) is 18.4.